The second kappa shape index (κ2) is 5.55. The summed E-state index contributed by atoms with van der Waals surface area (Å²) in [5.41, 5.74) is 0.283. The van der Waals surface area contributed by atoms with Gasteiger partial charge in [0.1, 0.15) is 0 Å². The van der Waals surface area contributed by atoms with Crippen molar-refractivity contribution in [3.63, 3.8) is 0 Å². The minimum Gasteiger partial charge on any atom is -0.307 e. The van der Waals surface area contributed by atoms with Gasteiger partial charge in [-0.2, -0.15) is 5.10 Å². The predicted molar refractivity (Wildman–Crippen MR) is 83.4 cm³/mol. The highest BCUT2D eigenvalue weighted by atomic mass is 35.5. The first-order valence-corrected chi connectivity index (χ1v) is 6.84. The Bertz CT molecular complexity index is 870. The van der Waals surface area contributed by atoms with Crippen molar-refractivity contribution in [3.8, 4) is 5.69 Å². The van der Waals surface area contributed by atoms with E-state index in [9.17, 15) is 9.18 Å². The molecule has 114 valence electrons. The van der Waals surface area contributed by atoms with E-state index in [1.165, 1.54) is 21.3 Å². The summed E-state index contributed by atoms with van der Waals surface area (Å²) in [5.74, 6) is 0.0610. The van der Waals surface area contributed by atoms with Crippen molar-refractivity contribution in [2.75, 3.05) is 6.54 Å². The number of rotatable bonds is 2. The van der Waals surface area contributed by atoms with Crippen LogP contribution < -0.4 is 10.9 Å². The molecule has 0 radical (unpaired) electrons. The molecule has 1 aromatic carbocycles. The number of nitrogens with one attached hydrogen (secondary N) is 1. The van der Waals surface area contributed by atoms with Crippen molar-refractivity contribution in [2.24, 2.45) is 0 Å². The van der Waals surface area contributed by atoms with E-state index in [1.54, 1.807) is 0 Å². The van der Waals surface area contributed by atoms with Crippen LogP contribution in [-0.4, -0.2) is 20.7 Å². The standard InChI is InChI=1S/C15H13FN4O.ClH/c16-11-7-9-19-13(11)15(21)20(10-4-2-1-3-5-10)14(18-19)12-6-8-17-12;/h1-5,7,9,12,17H,6,8H2;1H/t12-;/m0./s1. The van der Waals surface area contributed by atoms with Crippen LogP contribution in [-0.2, 0) is 0 Å². The largest absolute Gasteiger partial charge is 0.307 e. The molecule has 5 nitrogen and oxygen atoms in total. The van der Waals surface area contributed by atoms with E-state index in [0.717, 1.165) is 13.0 Å². The Balaban J connectivity index is 0.00000144. The van der Waals surface area contributed by atoms with E-state index in [4.69, 9.17) is 0 Å². The van der Waals surface area contributed by atoms with Crippen LogP contribution in [0.25, 0.3) is 11.2 Å². The number of halogens is 2. The monoisotopic (exact) mass is 320 g/mol. The maximum absolute atomic E-state index is 13.8. The van der Waals surface area contributed by atoms with E-state index in [1.807, 2.05) is 30.3 Å². The van der Waals surface area contributed by atoms with Gasteiger partial charge >= 0.3 is 0 Å². The molecule has 0 unspecified atom stereocenters. The highest BCUT2D eigenvalue weighted by Gasteiger charge is 2.26. The second-order valence-corrected chi connectivity index (χ2v) is 5.09. The zero-order valence-electron chi connectivity index (χ0n) is 11.6. The molecule has 0 amide bonds. The van der Waals surface area contributed by atoms with Crippen LogP contribution >= 0.6 is 12.4 Å². The molecule has 1 aliphatic rings. The highest BCUT2D eigenvalue weighted by molar-refractivity contribution is 5.85. The summed E-state index contributed by atoms with van der Waals surface area (Å²) in [6.07, 6.45) is 2.39. The molecule has 1 saturated heterocycles. The van der Waals surface area contributed by atoms with Crippen molar-refractivity contribution in [1.29, 1.82) is 0 Å². The van der Waals surface area contributed by atoms with E-state index >= 15 is 0 Å². The molecular weight excluding hydrogens is 307 g/mol. The van der Waals surface area contributed by atoms with Gasteiger partial charge in [-0.3, -0.25) is 9.36 Å². The number of para-hydroxylation sites is 1. The molecule has 2 aromatic heterocycles. The SMILES string of the molecule is Cl.O=c1c2c(F)ccn2nc([C@@H]2CCN2)n1-c1ccccc1. The van der Waals surface area contributed by atoms with Gasteiger partial charge in [-0.05, 0) is 31.2 Å². The summed E-state index contributed by atoms with van der Waals surface area (Å²) in [5, 5.41) is 7.67. The summed E-state index contributed by atoms with van der Waals surface area (Å²) in [4.78, 5) is 12.7. The molecule has 7 heteroatoms. The summed E-state index contributed by atoms with van der Waals surface area (Å²) < 4.78 is 16.7. The van der Waals surface area contributed by atoms with Gasteiger partial charge in [-0.1, -0.05) is 18.2 Å². The fraction of sp³-hybridized carbons (Fsp3) is 0.200. The first-order chi connectivity index (χ1) is 10.3. The molecule has 3 heterocycles. The smallest absolute Gasteiger partial charge is 0.285 e. The Labute approximate surface area is 131 Å². The predicted octanol–water partition coefficient (Wildman–Crippen LogP) is 2.08. The van der Waals surface area contributed by atoms with E-state index in [-0.39, 0.29) is 29.5 Å². The minimum atomic E-state index is -0.551. The van der Waals surface area contributed by atoms with Gasteiger partial charge < -0.3 is 5.32 Å². The van der Waals surface area contributed by atoms with Gasteiger partial charge in [0.2, 0.25) is 0 Å². The maximum Gasteiger partial charge on any atom is 0.285 e. The number of hydrogen-bond acceptors (Lipinski definition) is 3. The van der Waals surface area contributed by atoms with Crippen LogP contribution in [0.15, 0.2) is 47.4 Å². The van der Waals surface area contributed by atoms with E-state index in [2.05, 4.69) is 10.4 Å². The maximum atomic E-state index is 13.8. The van der Waals surface area contributed by atoms with Gasteiger partial charge in [-0.15, -0.1) is 12.4 Å². The van der Waals surface area contributed by atoms with Crippen LogP contribution in [0, 0.1) is 5.82 Å². The van der Waals surface area contributed by atoms with Crippen LogP contribution in [0.5, 0.6) is 0 Å². The number of aromatic nitrogens is 3. The lowest BCUT2D eigenvalue weighted by molar-refractivity contribution is 0.353. The lowest BCUT2D eigenvalue weighted by Gasteiger charge is -2.28. The fourth-order valence-electron chi connectivity index (χ4n) is 2.61. The number of nitrogens with zero attached hydrogens (tertiary/aromatic N) is 3. The average Bonchev–Trinajstić information content (AvgIpc) is 2.80. The van der Waals surface area contributed by atoms with Gasteiger partial charge in [-0.25, -0.2) is 8.91 Å². The van der Waals surface area contributed by atoms with Crippen LogP contribution in [0.4, 0.5) is 4.39 Å². The molecule has 1 aliphatic heterocycles. The summed E-state index contributed by atoms with van der Waals surface area (Å²) >= 11 is 0. The van der Waals surface area contributed by atoms with E-state index < -0.39 is 5.82 Å². The van der Waals surface area contributed by atoms with Crippen molar-refractivity contribution in [1.82, 2.24) is 19.5 Å². The Hall–Kier alpha value is -2.18. The first-order valence-electron chi connectivity index (χ1n) is 6.84. The van der Waals surface area contributed by atoms with Crippen molar-refractivity contribution < 1.29 is 4.39 Å². The quantitative estimate of drug-likeness (QED) is 0.786. The third-order valence-corrected chi connectivity index (χ3v) is 3.81. The first kappa shape index (κ1) is 14.7. The average molecular weight is 321 g/mol. The summed E-state index contributed by atoms with van der Waals surface area (Å²) in [6, 6.07) is 10.5. The zero-order valence-corrected chi connectivity index (χ0v) is 12.4. The van der Waals surface area contributed by atoms with Crippen molar-refractivity contribution in [2.45, 2.75) is 12.5 Å². The molecule has 3 aromatic rings. The molecular formula is C15H14ClFN4O. The number of benzene rings is 1. The topological polar surface area (TPSA) is 51.3 Å². The molecule has 1 atom stereocenters. The van der Waals surface area contributed by atoms with Gasteiger partial charge in [0.15, 0.2) is 17.2 Å². The third-order valence-electron chi connectivity index (χ3n) is 3.81. The number of hydrogen-bond donors (Lipinski definition) is 1. The molecule has 0 spiro atoms. The molecule has 0 aliphatic carbocycles. The lowest BCUT2D eigenvalue weighted by Crippen LogP contribution is -2.40. The molecule has 22 heavy (non-hydrogen) atoms. The van der Waals surface area contributed by atoms with E-state index in [0.29, 0.717) is 11.5 Å². The summed E-state index contributed by atoms with van der Waals surface area (Å²) in [7, 11) is 0. The van der Waals surface area contributed by atoms with Crippen LogP contribution in [0.2, 0.25) is 0 Å². The van der Waals surface area contributed by atoms with Crippen molar-refractivity contribution in [3.05, 3.63) is 64.6 Å². The minimum absolute atomic E-state index is 0. The molecule has 0 saturated carbocycles. The lowest BCUT2D eigenvalue weighted by atomic mass is 10.1. The molecule has 0 bridgehead atoms. The third kappa shape index (κ3) is 2.12. The van der Waals surface area contributed by atoms with Gasteiger partial charge in [0.05, 0.1) is 11.7 Å². The summed E-state index contributed by atoms with van der Waals surface area (Å²) in [6.45, 7) is 0.896. The van der Waals surface area contributed by atoms with Crippen molar-refractivity contribution >= 4 is 17.9 Å². The molecule has 4 rings (SSSR count). The molecule has 1 N–H and O–H groups in total. The van der Waals surface area contributed by atoms with Gasteiger partial charge in [0.25, 0.3) is 5.56 Å². The Morgan fingerprint density at radius 2 is 1.95 bits per heavy atom. The molecule has 1 fully saturated rings. The zero-order chi connectivity index (χ0) is 14.4. The fourth-order valence-corrected chi connectivity index (χ4v) is 2.61. The van der Waals surface area contributed by atoms with Crippen LogP contribution in [0.1, 0.15) is 18.3 Å². The Kier molecular flexibility index (Phi) is 3.72. The van der Waals surface area contributed by atoms with Gasteiger partial charge in [0, 0.05) is 6.20 Å². The Morgan fingerprint density at radius 1 is 1.23 bits per heavy atom. The number of fused-ring (bicyclic) bond motifs is 1. The van der Waals surface area contributed by atoms with Crippen LogP contribution in [0.3, 0.4) is 0 Å². The Morgan fingerprint density at radius 3 is 2.59 bits per heavy atom. The highest BCUT2D eigenvalue weighted by Crippen LogP contribution is 2.22. The normalized spacial score (nSPS) is 17.0. The second-order valence-electron chi connectivity index (χ2n) is 5.09.